The van der Waals surface area contributed by atoms with Gasteiger partial charge in [0.2, 0.25) is 0 Å². The Morgan fingerprint density at radius 3 is 3.19 bits per heavy atom. The standard InChI is InChI=1S/C13H13FN4O2S/c14-9-7-15-2-1-10(9)17-13(19)18-4-5-20-11(8-18)12-16-3-6-21-12/h1-3,6-7,11H,4-5,8H2,(H,15,17,19). The van der Waals surface area contributed by atoms with Crippen molar-refractivity contribution >= 4 is 23.1 Å². The fourth-order valence-corrected chi connectivity index (χ4v) is 2.72. The summed E-state index contributed by atoms with van der Waals surface area (Å²) in [5.74, 6) is -0.560. The Kier molecular flexibility index (Phi) is 4.07. The summed E-state index contributed by atoms with van der Waals surface area (Å²) in [5, 5.41) is 5.25. The lowest BCUT2D eigenvalue weighted by Crippen LogP contribution is -2.44. The zero-order chi connectivity index (χ0) is 14.7. The normalized spacial score (nSPS) is 18.5. The third kappa shape index (κ3) is 3.17. The second-order valence-corrected chi connectivity index (χ2v) is 5.39. The molecule has 110 valence electrons. The number of aromatic nitrogens is 2. The van der Waals surface area contributed by atoms with Crippen LogP contribution in [0.15, 0.2) is 30.0 Å². The summed E-state index contributed by atoms with van der Waals surface area (Å²) in [6.07, 6.45) is 3.96. The molecule has 1 saturated heterocycles. The Hall–Kier alpha value is -2.06. The molecule has 0 saturated carbocycles. The number of morpholine rings is 1. The van der Waals surface area contributed by atoms with E-state index in [-0.39, 0.29) is 17.8 Å². The van der Waals surface area contributed by atoms with Gasteiger partial charge in [0.05, 0.1) is 25.0 Å². The Morgan fingerprint density at radius 2 is 2.43 bits per heavy atom. The first-order valence-corrected chi connectivity index (χ1v) is 7.28. The molecule has 21 heavy (non-hydrogen) atoms. The molecule has 2 amide bonds. The molecular formula is C13H13FN4O2S. The molecule has 0 aromatic carbocycles. The number of pyridine rings is 1. The first-order valence-electron chi connectivity index (χ1n) is 6.40. The van der Waals surface area contributed by atoms with E-state index in [1.807, 2.05) is 5.38 Å². The highest BCUT2D eigenvalue weighted by Crippen LogP contribution is 2.24. The first-order chi connectivity index (χ1) is 10.2. The van der Waals surface area contributed by atoms with Gasteiger partial charge in [-0.15, -0.1) is 11.3 Å². The van der Waals surface area contributed by atoms with Crippen molar-refractivity contribution in [2.45, 2.75) is 6.10 Å². The minimum Gasteiger partial charge on any atom is -0.367 e. The number of carbonyl (C=O) groups excluding carboxylic acids is 1. The van der Waals surface area contributed by atoms with Crippen LogP contribution < -0.4 is 5.32 Å². The molecule has 8 heteroatoms. The predicted molar refractivity (Wildman–Crippen MR) is 75.6 cm³/mol. The molecule has 3 rings (SSSR count). The topological polar surface area (TPSA) is 67.4 Å². The molecule has 1 atom stereocenters. The van der Waals surface area contributed by atoms with Gasteiger partial charge in [0.1, 0.15) is 11.1 Å². The van der Waals surface area contributed by atoms with Gasteiger partial charge in [0, 0.05) is 24.3 Å². The number of anilines is 1. The van der Waals surface area contributed by atoms with E-state index < -0.39 is 5.82 Å². The van der Waals surface area contributed by atoms with Crippen LogP contribution in [0.25, 0.3) is 0 Å². The number of nitrogens with one attached hydrogen (secondary N) is 1. The summed E-state index contributed by atoms with van der Waals surface area (Å²) in [7, 11) is 0. The minimum absolute atomic E-state index is 0.118. The fraction of sp³-hybridized carbons (Fsp3) is 0.308. The van der Waals surface area contributed by atoms with Crippen LogP contribution in [0.4, 0.5) is 14.9 Å². The molecule has 0 radical (unpaired) electrons. The van der Waals surface area contributed by atoms with E-state index in [0.717, 1.165) is 11.2 Å². The Morgan fingerprint density at radius 1 is 1.52 bits per heavy atom. The van der Waals surface area contributed by atoms with E-state index in [1.54, 1.807) is 11.1 Å². The summed E-state index contributed by atoms with van der Waals surface area (Å²) in [5.41, 5.74) is 0.118. The van der Waals surface area contributed by atoms with E-state index in [9.17, 15) is 9.18 Å². The molecule has 2 aromatic rings. The van der Waals surface area contributed by atoms with Gasteiger partial charge in [-0.1, -0.05) is 0 Å². The molecule has 1 N–H and O–H groups in total. The fourth-order valence-electron chi connectivity index (χ4n) is 2.05. The van der Waals surface area contributed by atoms with E-state index >= 15 is 0 Å². The number of ether oxygens (including phenoxy) is 1. The number of halogens is 1. The maximum atomic E-state index is 13.5. The lowest BCUT2D eigenvalue weighted by molar-refractivity contribution is -0.0136. The molecule has 1 aliphatic heterocycles. The molecule has 1 unspecified atom stereocenters. The van der Waals surface area contributed by atoms with Crippen molar-refractivity contribution in [3.05, 3.63) is 40.9 Å². The first kappa shape index (κ1) is 13.9. The SMILES string of the molecule is O=C(Nc1ccncc1F)N1CCOC(c2nccs2)C1. The number of amides is 2. The van der Waals surface area contributed by atoms with Crippen molar-refractivity contribution in [1.82, 2.24) is 14.9 Å². The Balaban J connectivity index is 1.66. The van der Waals surface area contributed by atoms with Crippen molar-refractivity contribution in [2.75, 3.05) is 25.0 Å². The zero-order valence-corrected chi connectivity index (χ0v) is 11.8. The van der Waals surface area contributed by atoms with Crippen LogP contribution in [0.2, 0.25) is 0 Å². The Labute approximate surface area is 124 Å². The van der Waals surface area contributed by atoms with Crippen molar-refractivity contribution in [3.63, 3.8) is 0 Å². The van der Waals surface area contributed by atoms with Crippen LogP contribution in [0.1, 0.15) is 11.1 Å². The number of urea groups is 1. The van der Waals surface area contributed by atoms with Crippen LogP contribution >= 0.6 is 11.3 Å². The number of hydrogen-bond donors (Lipinski definition) is 1. The highest BCUT2D eigenvalue weighted by Gasteiger charge is 2.27. The number of hydrogen-bond acceptors (Lipinski definition) is 5. The molecule has 1 aliphatic rings. The molecule has 0 aliphatic carbocycles. The van der Waals surface area contributed by atoms with E-state index in [4.69, 9.17) is 4.74 Å². The van der Waals surface area contributed by atoms with Crippen LogP contribution in [0.3, 0.4) is 0 Å². The van der Waals surface area contributed by atoms with Crippen molar-refractivity contribution < 1.29 is 13.9 Å². The maximum Gasteiger partial charge on any atom is 0.322 e. The molecular weight excluding hydrogens is 295 g/mol. The van der Waals surface area contributed by atoms with Crippen LogP contribution in [-0.4, -0.2) is 40.6 Å². The Bertz CT molecular complexity index is 622. The predicted octanol–water partition coefficient (Wildman–Crippen LogP) is 2.28. The van der Waals surface area contributed by atoms with Crippen molar-refractivity contribution in [3.8, 4) is 0 Å². The van der Waals surface area contributed by atoms with Gasteiger partial charge in [-0.05, 0) is 6.07 Å². The molecule has 1 fully saturated rings. The summed E-state index contributed by atoms with van der Waals surface area (Å²) < 4.78 is 19.1. The summed E-state index contributed by atoms with van der Waals surface area (Å²) >= 11 is 1.49. The molecule has 0 spiro atoms. The largest absolute Gasteiger partial charge is 0.367 e. The van der Waals surface area contributed by atoms with E-state index in [2.05, 4.69) is 15.3 Å². The van der Waals surface area contributed by atoms with Crippen LogP contribution in [0.5, 0.6) is 0 Å². The number of nitrogens with zero attached hydrogens (tertiary/aromatic N) is 3. The number of carbonyl (C=O) groups is 1. The van der Waals surface area contributed by atoms with Crippen molar-refractivity contribution in [1.29, 1.82) is 0 Å². The molecule has 6 nitrogen and oxygen atoms in total. The number of rotatable bonds is 2. The van der Waals surface area contributed by atoms with Gasteiger partial charge in [-0.3, -0.25) is 4.98 Å². The van der Waals surface area contributed by atoms with Crippen LogP contribution in [-0.2, 0) is 4.74 Å². The van der Waals surface area contributed by atoms with Gasteiger partial charge < -0.3 is 15.0 Å². The van der Waals surface area contributed by atoms with Gasteiger partial charge in [0.25, 0.3) is 0 Å². The third-order valence-electron chi connectivity index (χ3n) is 3.09. The highest BCUT2D eigenvalue weighted by molar-refractivity contribution is 7.09. The smallest absolute Gasteiger partial charge is 0.322 e. The van der Waals surface area contributed by atoms with Gasteiger partial charge in [-0.25, -0.2) is 14.2 Å². The summed E-state index contributed by atoms with van der Waals surface area (Å²) in [6, 6.07) is 1.07. The quantitative estimate of drug-likeness (QED) is 0.924. The highest BCUT2D eigenvalue weighted by atomic mass is 32.1. The molecule has 0 bridgehead atoms. The lowest BCUT2D eigenvalue weighted by Gasteiger charge is -2.32. The third-order valence-corrected chi connectivity index (χ3v) is 3.96. The summed E-state index contributed by atoms with van der Waals surface area (Å²) in [4.78, 5) is 21.6. The second-order valence-electron chi connectivity index (χ2n) is 4.46. The average molecular weight is 308 g/mol. The van der Waals surface area contributed by atoms with Gasteiger partial charge >= 0.3 is 6.03 Å². The second kappa shape index (κ2) is 6.15. The van der Waals surface area contributed by atoms with Crippen LogP contribution in [0, 0.1) is 5.82 Å². The minimum atomic E-state index is -0.560. The van der Waals surface area contributed by atoms with Crippen molar-refractivity contribution in [2.24, 2.45) is 0 Å². The van der Waals surface area contributed by atoms with Gasteiger partial charge in [-0.2, -0.15) is 0 Å². The van der Waals surface area contributed by atoms with E-state index in [0.29, 0.717) is 19.7 Å². The lowest BCUT2D eigenvalue weighted by atomic mass is 10.3. The molecule has 2 aromatic heterocycles. The molecule has 3 heterocycles. The summed E-state index contributed by atoms with van der Waals surface area (Å²) in [6.45, 7) is 1.28. The van der Waals surface area contributed by atoms with E-state index in [1.165, 1.54) is 23.6 Å². The average Bonchev–Trinajstić information content (AvgIpc) is 3.04. The maximum absolute atomic E-state index is 13.5. The zero-order valence-electron chi connectivity index (χ0n) is 11.0. The number of thiazole rings is 1. The monoisotopic (exact) mass is 308 g/mol. The van der Waals surface area contributed by atoms with Gasteiger partial charge in [0.15, 0.2) is 5.82 Å².